The Labute approximate surface area is 682 Å². The van der Waals surface area contributed by atoms with Crippen molar-refractivity contribution in [2.45, 2.75) is 12.8 Å². The zero-order valence-corrected chi connectivity index (χ0v) is 63.0. The summed E-state index contributed by atoms with van der Waals surface area (Å²) in [7, 11) is 6.36. The Morgan fingerprint density at radius 1 is 0.408 bits per heavy atom. The molecule has 11 rings (SSSR count). The fourth-order valence-corrected chi connectivity index (χ4v) is 8.16. The molecule has 1 saturated heterocycles. The summed E-state index contributed by atoms with van der Waals surface area (Å²) in [5.41, 5.74) is -2.06. The summed E-state index contributed by atoms with van der Waals surface area (Å²) >= 11 is 5.23. The van der Waals surface area contributed by atoms with Gasteiger partial charge in [0, 0.05) is 76.8 Å². The third-order valence-electron chi connectivity index (χ3n) is 13.8. The number of aromatic carboxylic acids is 3. The molecule has 9 aromatic carbocycles. The quantitative estimate of drug-likeness (QED) is 0.0222. The molecule has 0 radical (unpaired) electrons. The number of carboxylic acids is 3. The molecule has 0 bridgehead atoms. The second-order valence-electron chi connectivity index (χ2n) is 21.5. The molecule has 636 valence electrons. The summed E-state index contributed by atoms with van der Waals surface area (Å²) < 4.78 is 281. The van der Waals surface area contributed by atoms with Crippen LogP contribution in [0.4, 0.5) is 83.4 Å². The number of rotatable bonds is 14. The standard InChI is InChI=1S/C22H9F7O4.C16H8F4O4.C9H7ClO.C9H8O2.C7H2F4O3.C6H3F3O.C5H5N.C4H8O.CH3F.Cl2OS/c1-2-9-3-5-10(6-4-9)21(30)33-20-17(28)15(26)14(16(27)18(20)29)22(31)32-19-12(24)7-11(23)8-13(19)25;1-2-7-3-5-8(6-4-7)16(23)24-14-12(19)10(17)9(15(21)22)11(18)13(14)20;2*1-2-7-3-5-8(6-4-7)9(10)11;8-2-1(7(13)14)3(9)5(11)6(12)4(2)10;7-3-1-4(8)6(10)5(9)2-3;1-2-4-6-5-3-1;1-2-4-5-3-1;1-2;1-4(2)3/h2-8H,1H2;2-6H,1H2,(H,21,22);2-6H,1H2;2-6H,1H2,(H,10,11);12H,(H,13,14);1-2,10H;1-5H;1-4H2;1H3;/i;;;;;;;;1D;. The van der Waals surface area contributed by atoms with Gasteiger partial charge in [-0.25, -0.2) is 85.7 Å². The van der Waals surface area contributed by atoms with E-state index in [4.69, 9.17) is 47.5 Å². The highest BCUT2D eigenvalue weighted by Gasteiger charge is 2.36. The Bertz CT molecular complexity index is 5130. The molecule has 10 aromatic rings. The number of hydrogen-bond donors (Lipinski definition) is 5. The lowest BCUT2D eigenvalue weighted by Crippen LogP contribution is -2.19. The van der Waals surface area contributed by atoms with E-state index in [0.29, 0.717) is 34.4 Å². The van der Waals surface area contributed by atoms with E-state index in [1.165, 1.54) is 73.5 Å². The minimum Gasteiger partial charge on any atom is -0.503 e. The predicted octanol–water partition coefficient (Wildman–Crippen LogP) is 21.2. The van der Waals surface area contributed by atoms with E-state index in [0.717, 1.165) is 24.3 Å². The number of carbonyl (C=O) groups is 7. The number of ether oxygens (including phenoxy) is 4. The number of pyridine rings is 1. The molecular weight excluding hydrogens is 1730 g/mol. The number of phenolic OH excluding ortho intramolecular Hbond substituents is 2. The van der Waals surface area contributed by atoms with Gasteiger partial charge in [0.2, 0.25) is 61.4 Å². The monoisotopic (exact) mass is 1790 g/mol. The molecule has 0 spiro atoms. The minimum absolute atomic E-state index is 0.0870. The van der Waals surface area contributed by atoms with Crippen LogP contribution in [0.25, 0.3) is 24.3 Å². The largest absolute Gasteiger partial charge is 0.503 e. The average Bonchev–Trinajstić information content (AvgIpc) is 1.92. The maximum Gasteiger partial charge on any atom is 0.349 e. The van der Waals surface area contributed by atoms with Crippen LogP contribution in [-0.4, -0.2) is 96.2 Å². The topological polar surface area (TPSA) is 288 Å². The van der Waals surface area contributed by atoms with Gasteiger partial charge in [-0.05, 0) is 107 Å². The second kappa shape index (κ2) is 51.1. The van der Waals surface area contributed by atoms with Crippen molar-refractivity contribution in [2.75, 3.05) is 20.4 Å². The molecule has 120 heavy (non-hydrogen) atoms. The van der Waals surface area contributed by atoms with E-state index in [9.17, 15) is 117 Å². The molecule has 1 aromatic heterocycles. The highest BCUT2D eigenvalue weighted by molar-refractivity contribution is 8.26. The van der Waals surface area contributed by atoms with E-state index < -0.39 is 208 Å². The lowest BCUT2D eigenvalue weighted by molar-refractivity contribution is 0.0669. The van der Waals surface area contributed by atoms with Crippen LogP contribution in [0, 0.1) is 105 Å². The number of alkyl halides is 1. The zero-order chi connectivity index (χ0) is 91.8. The molecular formula is C79H53Cl3F19NO17S. The normalized spacial score (nSPS) is 10.5. The van der Waals surface area contributed by atoms with Crippen molar-refractivity contribution >= 4 is 108 Å². The Balaban J connectivity index is 0.000000494. The zero-order valence-electron chi connectivity index (χ0n) is 60.9. The van der Waals surface area contributed by atoms with Crippen LogP contribution >= 0.6 is 33.0 Å². The minimum atomic E-state index is -2.37. The summed E-state index contributed by atoms with van der Waals surface area (Å²) in [6, 6.07) is 30.7. The molecule has 0 atom stereocenters. The number of carboxylic acid groups (broad SMARTS) is 3. The van der Waals surface area contributed by atoms with Gasteiger partial charge in [-0.2, -0.15) is 26.3 Å². The first kappa shape index (κ1) is 101. The summed E-state index contributed by atoms with van der Waals surface area (Å²) in [5.74, 6) is -53.3. The number of phenols is 2. The Hall–Kier alpha value is -13.2. The van der Waals surface area contributed by atoms with E-state index in [1.54, 1.807) is 73.1 Å². The summed E-state index contributed by atoms with van der Waals surface area (Å²) in [4.78, 5) is 81.4. The number of benzene rings is 9. The van der Waals surface area contributed by atoms with Gasteiger partial charge in [0.25, 0.3) is 5.24 Å². The van der Waals surface area contributed by atoms with Crippen molar-refractivity contribution in [1.82, 2.24) is 4.98 Å². The van der Waals surface area contributed by atoms with E-state index in [1.807, 2.05) is 18.2 Å². The van der Waals surface area contributed by atoms with Crippen molar-refractivity contribution in [3.63, 3.8) is 0 Å². The van der Waals surface area contributed by atoms with Gasteiger partial charge >= 0.3 is 35.8 Å². The molecule has 0 aliphatic carbocycles. The number of aromatic nitrogens is 1. The highest BCUT2D eigenvalue weighted by Crippen LogP contribution is 2.35. The summed E-state index contributed by atoms with van der Waals surface area (Å²) in [6.07, 6.45) is 12.3. The highest BCUT2D eigenvalue weighted by atomic mass is 36.0. The molecule has 1 aliphatic heterocycles. The van der Waals surface area contributed by atoms with Crippen LogP contribution in [0.5, 0.6) is 28.7 Å². The van der Waals surface area contributed by atoms with E-state index in [2.05, 4.69) is 66.9 Å². The molecule has 0 amide bonds. The Morgan fingerprint density at radius 2 is 0.683 bits per heavy atom. The number of esters is 3. The van der Waals surface area contributed by atoms with Gasteiger partial charge in [0.15, 0.2) is 69.7 Å². The maximum atomic E-state index is 14.3. The first-order chi connectivity index (χ1) is 56.9. The van der Waals surface area contributed by atoms with Crippen LogP contribution in [0.1, 0.15) is 109 Å². The Morgan fingerprint density at radius 3 is 0.933 bits per heavy atom. The molecule has 41 heteroatoms. The third kappa shape index (κ3) is 31.4. The lowest BCUT2D eigenvalue weighted by Gasteiger charge is -2.12. The summed E-state index contributed by atoms with van der Waals surface area (Å²) in [5, 5.41) is 41.7. The van der Waals surface area contributed by atoms with Crippen LogP contribution in [-0.2, 0) is 14.0 Å². The number of hydrogen-bond acceptors (Lipinski definition) is 15. The molecule has 2 heterocycles. The van der Waals surface area contributed by atoms with Crippen molar-refractivity contribution in [2.24, 2.45) is 0 Å². The van der Waals surface area contributed by atoms with Crippen molar-refractivity contribution in [1.29, 1.82) is 0 Å². The number of aromatic hydroxyl groups is 2. The SMILES string of the molecule is C1CCOC1.C=Cc1ccc(C(=O)Cl)cc1.C=Cc1ccc(C(=O)O)cc1.C=Cc1ccc(C(=O)Oc2c(F)c(F)c(C(=O)O)c(F)c2F)cc1.C=Cc1ccc(C(=O)Oc2c(F)c(F)c(C(=O)Oc3c(F)cc(F)cc3F)c(F)c2F)cc1.O=C(O)c1c(F)c(F)c(O)c(F)c1F.O=S(Cl)Cl.Oc1c(F)cc(F)cc1F.[2H]CF.c1ccncc1. The lowest BCUT2D eigenvalue weighted by atomic mass is 10.1. The predicted molar refractivity (Wildman–Crippen MR) is 398 cm³/mol. The van der Waals surface area contributed by atoms with Crippen molar-refractivity contribution in [3.05, 3.63) is 344 Å². The smallest absolute Gasteiger partial charge is 0.349 e. The second-order valence-corrected chi connectivity index (χ2v) is 24.4. The number of carbonyl (C=O) groups excluding carboxylic acids is 4. The van der Waals surface area contributed by atoms with Crippen LogP contribution in [0.3, 0.4) is 0 Å². The van der Waals surface area contributed by atoms with Crippen LogP contribution in [0.2, 0.25) is 0 Å². The molecule has 1 fully saturated rings. The summed E-state index contributed by atoms with van der Waals surface area (Å²) in [6.45, 7) is 16.1. The number of nitrogens with zero attached hydrogens (tertiary/aromatic N) is 1. The first-order valence-electron chi connectivity index (χ1n) is 32.4. The fraction of sp³-hybridized carbons (Fsp3) is 0.0633. The third-order valence-corrected chi connectivity index (χ3v) is 14.0. The van der Waals surface area contributed by atoms with Gasteiger partial charge in [-0.3, -0.25) is 14.2 Å². The number of halogens is 22. The fourth-order valence-electron chi connectivity index (χ4n) is 8.03. The van der Waals surface area contributed by atoms with Crippen LogP contribution in [0.15, 0.2) is 178 Å². The molecule has 0 unspecified atom stereocenters. The first-order valence-corrected chi connectivity index (χ1v) is 34.8. The van der Waals surface area contributed by atoms with Crippen LogP contribution < -0.4 is 14.2 Å². The van der Waals surface area contributed by atoms with Crippen molar-refractivity contribution in [3.8, 4) is 28.7 Å². The molecule has 1 aliphatic rings. The van der Waals surface area contributed by atoms with Gasteiger partial charge in [-0.1, -0.05) is 105 Å². The van der Waals surface area contributed by atoms with Gasteiger partial charge in [0.05, 0.1) is 25.2 Å². The molecule has 18 nitrogen and oxygen atoms in total. The molecule has 0 saturated carbocycles. The van der Waals surface area contributed by atoms with E-state index in [-0.39, 0.29) is 23.3 Å². The van der Waals surface area contributed by atoms with Crippen molar-refractivity contribution < 1.29 is 167 Å². The van der Waals surface area contributed by atoms with Gasteiger partial charge < -0.3 is 44.5 Å². The molecule has 5 N–H and O–H groups in total. The van der Waals surface area contributed by atoms with Gasteiger partial charge in [0.1, 0.15) is 28.3 Å². The van der Waals surface area contributed by atoms with Gasteiger partial charge in [-0.15, -0.1) is 0 Å². The Kier molecular flexibility index (Phi) is 43.0. The maximum absolute atomic E-state index is 14.3. The average molecular weight is 1790 g/mol. The van der Waals surface area contributed by atoms with E-state index >= 15 is 0 Å².